The smallest absolute Gasteiger partial charge is 0.112 e. The number of hydrogen-bond donors (Lipinski definition) is 1. The summed E-state index contributed by atoms with van der Waals surface area (Å²) >= 11 is 0. The van der Waals surface area contributed by atoms with Gasteiger partial charge in [-0.05, 0) is 27.7 Å². The summed E-state index contributed by atoms with van der Waals surface area (Å²) < 4.78 is 0. The molecule has 0 amide bonds. The van der Waals surface area contributed by atoms with Crippen LogP contribution in [0.5, 0.6) is 0 Å². The number of nitrogens with zero attached hydrogens (tertiary/aromatic N) is 2. The van der Waals surface area contributed by atoms with Gasteiger partial charge < -0.3 is 5.11 Å². The van der Waals surface area contributed by atoms with Gasteiger partial charge in [-0.1, -0.05) is 0 Å². The van der Waals surface area contributed by atoms with Crippen LogP contribution in [0.2, 0.25) is 0 Å². The SMILES string of the molecule is CC(C)N1CCN(C(C)(C)O)CC1. The van der Waals surface area contributed by atoms with Crippen LogP contribution >= 0.6 is 0 Å². The molecule has 0 aromatic rings. The Morgan fingerprint density at radius 2 is 1.54 bits per heavy atom. The molecule has 1 fully saturated rings. The highest BCUT2D eigenvalue weighted by molar-refractivity contribution is 4.79. The second-order valence-electron chi connectivity index (χ2n) is 4.61. The molecule has 0 bridgehead atoms. The minimum Gasteiger partial charge on any atom is -0.376 e. The van der Waals surface area contributed by atoms with E-state index < -0.39 is 5.72 Å². The van der Waals surface area contributed by atoms with Gasteiger partial charge in [-0.2, -0.15) is 0 Å². The lowest BCUT2D eigenvalue weighted by Crippen LogP contribution is -2.55. The molecule has 1 aliphatic heterocycles. The predicted molar refractivity (Wildman–Crippen MR) is 54.6 cm³/mol. The van der Waals surface area contributed by atoms with Crippen LogP contribution in [-0.2, 0) is 0 Å². The van der Waals surface area contributed by atoms with Gasteiger partial charge in [0.25, 0.3) is 0 Å². The normalized spacial score (nSPS) is 22.6. The Kier molecular flexibility index (Phi) is 3.33. The monoisotopic (exact) mass is 186 g/mol. The molecule has 3 nitrogen and oxygen atoms in total. The van der Waals surface area contributed by atoms with E-state index in [2.05, 4.69) is 23.6 Å². The van der Waals surface area contributed by atoms with E-state index in [4.69, 9.17) is 0 Å². The van der Waals surface area contributed by atoms with Crippen LogP contribution in [0.1, 0.15) is 27.7 Å². The summed E-state index contributed by atoms with van der Waals surface area (Å²) in [5, 5.41) is 9.77. The van der Waals surface area contributed by atoms with E-state index in [1.54, 1.807) is 0 Å². The van der Waals surface area contributed by atoms with E-state index in [0.717, 1.165) is 26.2 Å². The van der Waals surface area contributed by atoms with Gasteiger partial charge in [0.2, 0.25) is 0 Å². The molecule has 0 aromatic carbocycles. The zero-order valence-electron chi connectivity index (χ0n) is 9.25. The minimum absolute atomic E-state index is 0.629. The fourth-order valence-electron chi connectivity index (χ4n) is 1.79. The van der Waals surface area contributed by atoms with Gasteiger partial charge in [0.15, 0.2) is 0 Å². The summed E-state index contributed by atoms with van der Waals surface area (Å²) in [4.78, 5) is 4.58. The molecule has 0 spiro atoms. The quantitative estimate of drug-likeness (QED) is 0.689. The Balaban J connectivity index is 2.39. The maximum absolute atomic E-state index is 9.77. The molecular weight excluding hydrogens is 164 g/mol. The highest BCUT2D eigenvalue weighted by Crippen LogP contribution is 2.14. The molecular formula is C10H22N2O. The van der Waals surface area contributed by atoms with Crippen LogP contribution in [-0.4, -0.2) is 52.9 Å². The summed E-state index contributed by atoms with van der Waals surface area (Å²) in [6.45, 7) is 12.3. The van der Waals surface area contributed by atoms with Crippen molar-refractivity contribution in [3.05, 3.63) is 0 Å². The molecule has 1 rings (SSSR count). The highest BCUT2D eigenvalue weighted by atomic mass is 16.3. The Hall–Kier alpha value is -0.120. The van der Waals surface area contributed by atoms with E-state index in [1.165, 1.54) is 0 Å². The molecule has 0 aliphatic carbocycles. The summed E-state index contributed by atoms with van der Waals surface area (Å²) in [6, 6.07) is 0.629. The van der Waals surface area contributed by atoms with Gasteiger partial charge in [0.05, 0.1) is 0 Å². The maximum atomic E-state index is 9.77. The second kappa shape index (κ2) is 3.95. The average molecular weight is 186 g/mol. The van der Waals surface area contributed by atoms with E-state index >= 15 is 0 Å². The standard InChI is InChI=1S/C10H22N2O/c1-9(2)11-5-7-12(8-6-11)10(3,4)13/h9,13H,5-8H2,1-4H3. The van der Waals surface area contributed by atoms with E-state index in [-0.39, 0.29) is 0 Å². The fourth-order valence-corrected chi connectivity index (χ4v) is 1.79. The molecule has 0 saturated carbocycles. The number of rotatable bonds is 2. The Labute approximate surface area is 81.3 Å². The second-order valence-corrected chi connectivity index (χ2v) is 4.61. The predicted octanol–water partition coefficient (Wildman–Crippen LogP) is 0.741. The summed E-state index contributed by atoms with van der Waals surface area (Å²) in [6.07, 6.45) is 0. The van der Waals surface area contributed by atoms with Gasteiger partial charge in [-0.25, -0.2) is 0 Å². The number of piperazine rings is 1. The van der Waals surface area contributed by atoms with Crippen LogP contribution in [0, 0.1) is 0 Å². The highest BCUT2D eigenvalue weighted by Gasteiger charge is 2.27. The first-order valence-corrected chi connectivity index (χ1v) is 5.13. The van der Waals surface area contributed by atoms with Crippen molar-refractivity contribution >= 4 is 0 Å². The van der Waals surface area contributed by atoms with Gasteiger partial charge in [0, 0.05) is 32.2 Å². The van der Waals surface area contributed by atoms with Crippen molar-refractivity contribution in [1.29, 1.82) is 0 Å². The Morgan fingerprint density at radius 3 is 1.85 bits per heavy atom. The Bertz CT molecular complexity index is 155. The average Bonchev–Trinajstić information content (AvgIpc) is 2.03. The lowest BCUT2D eigenvalue weighted by molar-refractivity contribution is -0.0987. The zero-order valence-corrected chi connectivity index (χ0v) is 9.25. The van der Waals surface area contributed by atoms with Crippen LogP contribution in [0.4, 0.5) is 0 Å². The van der Waals surface area contributed by atoms with Crippen molar-refractivity contribution in [2.45, 2.75) is 39.5 Å². The number of aliphatic hydroxyl groups is 1. The molecule has 3 heteroatoms. The molecule has 78 valence electrons. The van der Waals surface area contributed by atoms with Crippen molar-refractivity contribution in [2.24, 2.45) is 0 Å². The van der Waals surface area contributed by atoms with Gasteiger partial charge in [-0.15, -0.1) is 0 Å². The maximum Gasteiger partial charge on any atom is 0.112 e. The van der Waals surface area contributed by atoms with Crippen molar-refractivity contribution in [1.82, 2.24) is 9.80 Å². The van der Waals surface area contributed by atoms with Gasteiger partial charge in [0.1, 0.15) is 5.72 Å². The molecule has 1 N–H and O–H groups in total. The first-order valence-electron chi connectivity index (χ1n) is 5.13. The van der Waals surface area contributed by atoms with Crippen molar-refractivity contribution in [3.8, 4) is 0 Å². The van der Waals surface area contributed by atoms with Crippen LogP contribution in [0.3, 0.4) is 0 Å². The van der Waals surface area contributed by atoms with Gasteiger partial charge >= 0.3 is 0 Å². The zero-order chi connectivity index (χ0) is 10.1. The molecule has 0 unspecified atom stereocenters. The third-order valence-corrected chi connectivity index (χ3v) is 2.82. The first-order chi connectivity index (χ1) is 5.91. The lowest BCUT2D eigenvalue weighted by Gasteiger charge is -2.42. The third-order valence-electron chi connectivity index (χ3n) is 2.82. The molecule has 0 aromatic heterocycles. The molecule has 0 radical (unpaired) electrons. The van der Waals surface area contributed by atoms with Crippen molar-refractivity contribution in [3.63, 3.8) is 0 Å². The van der Waals surface area contributed by atoms with Crippen molar-refractivity contribution < 1.29 is 5.11 Å². The largest absolute Gasteiger partial charge is 0.376 e. The summed E-state index contributed by atoms with van der Waals surface area (Å²) in [7, 11) is 0. The van der Waals surface area contributed by atoms with Crippen LogP contribution < -0.4 is 0 Å². The van der Waals surface area contributed by atoms with E-state index in [1.807, 2.05) is 13.8 Å². The minimum atomic E-state index is -0.650. The van der Waals surface area contributed by atoms with Crippen LogP contribution in [0.25, 0.3) is 0 Å². The molecule has 13 heavy (non-hydrogen) atoms. The van der Waals surface area contributed by atoms with E-state index in [0.29, 0.717) is 6.04 Å². The molecule has 1 saturated heterocycles. The molecule has 1 aliphatic rings. The fraction of sp³-hybridized carbons (Fsp3) is 1.00. The third kappa shape index (κ3) is 2.93. The van der Waals surface area contributed by atoms with Gasteiger partial charge in [-0.3, -0.25) is 9.80 Å². The summed E-state index contributed by atoms with van der Waals surface area (Å²) in [5.74, 6) is 0. The molecule has 0 atom stereocenters. The number of hydrogen-bond acceptors (Lipinski definition) is 3. The van der Waals surface area contributed by atoms with Crippen molar-refractivity contribution in [2.75, 3.05) is 26.2 Å². The van der Waals surface area contributed by atoms with E-state index in [9.17, 15) is 5.11 Å². The first kappa shape index (κ1) is 11.0. The van der Waals surface area contributed by atoms with Crippen LogP contribution in [0.15, 0.2) is 0 Å². The summed E-state index contributed by atoms with van der Waals surface area (Å²) in [5.41, 5.74) is -0.650. The topological polar surface area (TPSA) is 26.7 Å². The lowest BCUT2D eigenvalue weighted by atomic mass is 10.2. The Morgan fingerprint density at radius 1 is 1.08 bits per heavy atom. The molecule has 1 heterocycles.